The highest BCUT2D eigenvalue weighted by molar-refractivity contribution is 6.00. The van der Waals surface area contributed by atoms with Crippen LogP contribution in [0.25, 0.3) is 11.0 Å². The van der Waals surface area contributed by atoms with Crippen molar-refractivity contribution in [3.63, 3.8) is 0 Å². The van der Waals surface area contributed by atoms with Crippen LogP contribution in [-0.2, 0) is 4.79 Å². The van der Waals surface area contributed by atoms with Gasteiger partial charge in [0, 0.05) is 29.9 Å². The SMILES string of the molecule is CCN(CC(=O)Nc1ccc(OC)cc1)C(=O)c1cnc2c(cnn2C(C)C)c1. The maximum atomic E-state index is 12.9. The number of nitrogens with one attached hydrogen (secondary N) is 1. The van der Waals surface area contributed by atoms with Gasteiger partial charge < -0.3 is 15.0 Å². The molecule has 8 nitrogen and oxygen atoms in total. The minimum atomic E-state index is -0.271. The number of benzene rings is 1. The van der Waals surface area contributed by atoms with Gasteiger partial charge in [-0.25, -0.2) is 9.67 Å². The molecule has 0 bridgehead atoms. The van der Waals surface area contributed by atoms with E-state index in [9.17, 15) is 9.59 Å². The van der Waals surface area contributed by atoms with Crippen LogP contribution >= 0.6 is 0 Å². The molecular weight excluding hydrogens is 370 g/mol. The molecule has 1 N–H and O–H groups in total. The largest absolute Gasteiger partial charge is 0.497 e. The number of hydrogen-bond donors (Lipinski definition) is 1. The molecule has 0 atom stereocenters. The van der Waals surface area contributed by atoms with Gasteiger partial charge in [0.25, 0.3) is 5.91 Å². The molecular formula is C21H25N5O3. The number of anilines is 1. The number of nitrogens with zero attached hydrogens (tertiary/aromatic N) is 4. The molecule has 0 spiro atoms. The quantitative estimate of drug-likeness (QED) is 0.664. The Balaban J connectivity index is 1.70. The molecule has 3 rings (SSSR count). The summed E-state index contributed by atoms with van der Waals surface area (Å²) in [5.74, 6) is 0.188. The third kappa shape index (κ3) is 4.53. The minimum Gasteiger partial charge on any atom is -0.497 e. The fourth-order valence-corrected chi connectivity index (χ4v) is 2.99. The number of hydrogen-bond acceptors (Lipinski definition) is 5. The summed E-state index contributed by atoms with van der Waals surface area (Å²) < 4.78 is 6.91. The summed E-state index contributed by atoms with van der Waals surface area (Å²) in [7, 11) is 1.58. The molecule has 2 aromatic heterocycles. The second kappa shape index (κ2) is 8.72. The Morgan fingerprint density at radius 1 is 1.21 bits per heavy atom. The van der Waals surface area contributed by atoms with Crippen LogP contribution in [0.3, 0.4) is 0 Å². The van der Waals surface area contributed by atoms with Crippen molar-refractivity contribution in [2.24, 2.45) is 0 Å². The first kappa shape index (κ1) is 20.3. The van der Waals surface area contributed by atoms with E-state index < -0.39 is 0 Å². The minimum absolute atomic E-state index is 0.0509. The number of rotatable bonds is 7. The van der Waals surface area contributed by atoms with Crippen LogP contribution in [0.2, 0.25) is 0 Å². The van der Waals surface area contributed by atoms with E-state index in [1.807, 2.05) is 25.5 Å². The van der Waals surface area contributed by atoms with E-state index in [0.29, 0.717) is 23.5 Å². The Morgan fingerprint density at radius 3 is 2.55 bits per heavy atom. The zero-order valence-electron chi connectivity index (χ0n) is 17.0. The standard InChI is InChI=1S/C21H25N5O3/c1-5-25(13-19(27)24-17-6-8-18(29-4)9-7-17)21(28)16-10-15-12-23-26(14(2)3)20(15)22-11-16/h6-12,14H,5,13H2,1-4H3,(H,24,27). The van der Waals surface area contributed by atoms with E-state index in [4.69, 9.17) is 4.74 Å². The molecule has 8 heteroatoms. The highest BCUT2D eigenvalue weighted by Crippen LogP contribution is 2.18. The molecule has 3 aromatic rings. The van der Waals surface area contributed by atoms with Crippen LogP contribution in [0.1, 0.15) is 37.2 Å². The zero-order chi connectivity index (χ0) is 21.0. The van der Waals surface area contributed by atoms with Crippen molar-refractivity contribution in [1.29, 1.82) is 0 Å². The maximum Gasteiger partial charge on any atom is 0.255 e. The van der Waals surface area contributed by atoms with Gasteiger partial charge >= 0.3 is 0 Å². The fourth-order valence-electron chi connectivity index (χ4n) is 2.99. The van der Waals surface area contributed by atoms with E-state index in [0.717, 1.165) is 11.0 Å². The predicted octanol–water partition coefficient (Wildman–Crippen LogP) is 3.12. The second-order valence-electron chi connectivity index (χ2n) is 6.92. The Labute approximate surface area is 169 Å². The van der Waals surface area contributed by atoms with Crippen molar-refractivity contribution in [2.75, 3.05) is 25.5 Å². The van der Waals surface area contributed by atoms with Gasteiger partial charge in [0.15, 0.2) is 5.65 Å². The molecule has 0 fully saturated rings. The van der Waals surface area contributed by atoms with Crippen LogP contribution in [0.15, 0.2) is 42.7 Å². The van der Waals surface area contributed by atoms with Crippen molar-refractivity contribution in [1.82, 2.24) is 19.7 Å². The van der Waals surface area contributed by atoms with Crippen LogP contribution < -0.4 is 10.1 Å². The summed E-state index contributed by atoms with van der Waals surface area (Å²) in [6.45, 7) is 6.23. The fraction of sp³-hybridized carbons (Fsp3) is 0.333. The van der Waals surface area contributed by atoms with Crippen LogP contribution in [0.5, 0.6) is 5.75 Å². The molecule has 0 saturated heterocycles. The highest BCUT2D eigenvalue weighted by atomic mass is 16.5. The average Bonchev–Trinajstić information content (AvgIpc) is 3.15. The lowest BCUT2D eigenvalue weighted by atomic mass is 10.2. The Morgan fingerprint density at radius 2 is 1.93 bits per heavy atom. The Kier molecular flexibility index (Phi) is 6.11. The predicted molar refractivity (Wildman–Crippen MR) is 111 cm³/mol. The van der Waals surface area contributed by atoms with Crippen LogP contribution in [0, 0.1) is 0 Å². The number of carbonyl (C=O) groups is 2. The first-order valence-electron chi connectivity index (χ1n) is 9.49. The molecule has 2 heterocycles. The van der Waals surface area contributed by atoms with E-state index in [1.165, 1.54) is 11.1 Å². The molecule has 152 valence electrons. The van der Waals surface area contributed by atoms with Gasteiger partial charge in [-0.3, -0.25) is 9.59 Å². The average molecular weight is 395 g/mol. The number of aromatic nitrogens is 3. The number of carbonyl (C=O) groups excluding carboxylic acids is 2. The summed E-state index contributed by atoms with van der Waals surface area (Å²) in [6.07, 6.45) is 3.24. The maximum absolute atomic E-state index is 12.9. The molecule has 1 aromatic carbocycles. The number of amides is 2. The van der Waals surface area contributed by atoms with Gasteiger partial charge in [-0.05, 0) is 51.1 Å². The lowest BCUT2D eigenvalue weighted by molar-refractivity contribution is -0.116. The zero-order valence-corrected chi connectivity index (χ0v) is 17.0. The highest BCUT2D eigenvalue weighted by Gasteiger charge is 2.19. The summed E-state index contributed by atoms with van der Waals surface area (Å²) >= 11 is 0. The van der Waals surface area contributed by atoms with Crippen molar-refractivity contribution in [3.05, 3.63) is 48.3 Å². The monoisotopic (exact) mass is 395 g/mol. The van der Waals surface area contributed by atoms with E-state index in [-0.39, 0.29) is 24.4 Å². The normalized spacial score (nSPS) is 10.9. The molecule has 29 heavy (non-hydrogen) atoms. The van der Waals surface area contributed by atoms with Gasteiger partial charge in [-0.2, -0.15) is 5.10 Å². The van der Waals surface area contributed by atoms with E-state index in [2.05, 4.69) is 15.4 Å². The van der Waals surface area contributed by atoms with Gasteiger partial charge in [-0.1, -0.05) is 0 Å². The first-order valence-corrected chi connectivity index (χ1v) is 9.49. The molecule has 0 aliphatic carbocycles. The van der Waals surface area contributed by atoms with Gasteiger partial charge in [0.1, 0.15) is 12.3 Å². The summed E-state index contributed by atoms with van der Waals surface area (Å²) in [6, 6.07) is 8.96. The van der Waals surface area contributed by atoms with Crippen molar-refractivity contribution in [3.8, 4) is 5.75 Å². The molecule has 0 radical (unpaired) electrons. The molecule has 0 aliphatic rings. The third-order valence-corrected chi connectivity index (χ3v) is 4.55. The van der Waals surface area contributed by atoms with Crippen molar-refractivity contribution < 1.29 is 14.3 Å². The van der Waals surface area contributed by atoms with E-state index in [1.54, 1.807) is 43.6 Å². The number of ether oxygens (including phenoxy) is 1. The van der Waals surface area contributed by atoms with Crippen molar-refractivity contribution >= 4 is 28.5 Å². The molecule has 2 amide bonds. The van der Waals surface area contributed by atoms with E-state index >= 15 is 0 Å². The van der Waals surface area contributed by atoms with Gasteiger partial charge in [0.2, 0.25) is 5.91 Å². The molecule has 0 unspecified atom stereocenters. The number of methoxy groups -OCH3 is 1. The van der Waals surface area contributed by atoms with Crippen LogP contribution in [-0.4, -0.2) is 51.7 Å². The second-order valence-corrected chi connectivity index (χ2v) is 6.92. The smallest absolute Gasteiger partial charge is 0.255 e. The number of fused-ring (bicyclic) bond motifs is 1. The molecule has 0 aliphatic heterocycles. The summed E-state index contributed by atoms with van der Waals surface area (Å²) in [5.41, 5.74) is 1.81. The van der Waals surface area contributed by atoms with Gasteiger partial charge in [-0.15, -0.1) is 0 Å². The molecule has 0 saturated carbocycles. The van der Waals surface area contributed by atoms with Crippen LogP contribution in [0.4, 0.5) is 5.69 Å². The van der Waals surface area contributed by atoms with Crippen molar-refractivity contribution in [2.45, 2.75) is 26.8 Å². The number of pyridine rings is 1. The topological polar surface area (TPSA) is 89.3 Å². The summed E-state index contributed by atoms with van der Waals surface area (Å²) in [4.78, 5) is 31.2. The lowest BCUT2D eigenvalue weighted by Gasteiger charge is -2.20. The lowest BCUT2D eigenvalue weighted by Crippen LogP contribution is -2.37. The third-order valence-electron chi connectivity index (χ3n) is 4.55. The first-order chi connectivity index (χ1) is 13.9. The summed E-state index contributed by atoms with van der Waals surface area (Å²) in [5, 5.41) is 7.91. The number of likely N-dealkylation sites (N-methyl/N-ethyl adjacent to an activating group) is 1. The Bertz CT molecular complexity index is 1010. The Hall–Kier alpha value is -3.42. The van der Waals surface area contributed by atoms with Gasteiger partial charge in [0.05, 0.1) is 18.9 Å².